The number of hydrogen-bond acceptors (Lipinski definition) is 3. The number of fused-ring (bicyclic) bond motifs is 2. The molecule has 0 amide bonds. The Balaban J connectivity index is 1.71. The van der Waals surface area contributed by atoms with Crippen molar-refractivity contribution in [2.45, 2.75) is 24.2 Å². The maximum atomic E-state index is 13.0. The lowest BCUT2D eigenvalue weighted by molar-refractivity contribution is -0.149. The Bertz CT molecular complexity index is 924. The Kier molecular flexibility index (Phi) is 3.44. The van der Waals surface area contributed by atoms with Crippen LogP contribution < -0.4 is 0 Å². The van der Waals surface area contributed by atoms with Gasteiger partial charge in [0.2, 0.25) is 10.0 Å². The van der Waals surface area contributed by atoms with E-state index in [1.807, 2.05) is 24.3 Å². The van der Waals surface area contributed by atoms with Crippen molar-refractivity contribution in [3.63, 3.8) is 0 Å². The highest BCUT2D eigenvalue weighted by molar-refractivity contribution is 7.89. The average molecular weight is 345 g/mol. The fraction of sp³-hybridized carbons (Fsp3) is 0.389. The zero-order valence-electron chi connectivity index (χ0n) is 13.2. The van der Waals surface area contributed by atoms with Crippen LogP contribution in [0.1, 0.15) is 19.3 Å². The molecule has 0 unspecified atom stereocenters. The molecule has 2 aliphatic rings. The quantitative estimate of drug-likeness (QED) is 0.928. The Morgan fingerprint density at radius 2 is 1.92 bits per heavy atom. The molecule has 6 heteroatoms. The molecule has 0 radical (unpaired) electrons. The number of carboxylic acid groups (broad SMARTS) is 1. The number of benzene rings is 2. The number of carboxylic acids is 1. The number of sulfonamides is 1. The first-order valence-electron chi connectivity index (χ1n) is 8.16. The third-order valence-electron chi connectivity index (χ3n) is 5.62. The van der Waals surface area contributed by atoms with E-state index >= 15 is 0 Å². The lowest BCUT2D eigenvalue weighted by Gasteiger charge is -2.23. The summed E-state index contributed by atoms with van der Waals surface area (Å²) in [5.41, 5.74) is -0.899. The van der Waals surface area contributed by atoms with Crippen molar-refractivity contribution in [1.29, 1.82) is 0 Å². The standard InChI is InChI=1S/C18H19NO4S/c20-17(21)18-9-3-6-15(18)11-19(12-18)24(22,23)16-8-7-13-4-1-2-5-14(13)10-16/h1-2,4-5,7-8,10,15H,3,6,9,11-12H2,(H,20,21)/t15-,18+/m0/s1. The summed E-state index contributed by atoms with van der Waals surface area (Å²) >= 11 is 0. The molecule has 2 aromatic carbocycles. The van der Waals surface area contributed by atoms with Crippen molar-refractivity contribution in [2.24, 2.45) is 11.3 Å². The predicted molar refractivity (Wildman–Crippen MR) is 90.1 cm³/mol. The van der Waals surface area contributed by atoms with Gasteiger partial charge in [-0.25, -0.2) is 8.42 Å². The molecule has 0 aromatic heterocycles. The molecule has 1 saturated carbocycles. The van der Waals surface area contributed by atoms with E-state index in [1.54, 1.807) is 18.2 Å². The van der Waals surface area contributed by atoms with E-state index in [2.05, 4.69) is 0 Å². The molecular formula is C18H19NO4S. The van der Waals surface area contributed by atoms with Gasteiger partial charge in [-0.1, -0.05) is 36.8 Å². The molecular weight excluding hydrogens is 326 g/mol. The lowest BCUT2D eigenvalue weighted by atomic mass is 9.81. The zero-order valence-corrected chi connectivity index (χ0v) is 14.0. The number of carbonyl (C=O) groups is 1. The van der Waals surface area contributed by atoms with Crippen molar-refractivity contribution in [1.82, 2.24) is 4.31 Å². The maximum absolute atomic E-state index is 13.0. The predicted octanol–water partition coefficient (Wildman–Crippen LogP) is 2.72. The van der Waals surface area contributed by atoms with E-state index in [4.69, 9.17) is 0 Å². The Labute approximate surface area is 140 Å². The smallest absolute Gasteiger partial charge is 0.311 e. The van der Waals surface area contributed by atoms with E-state index in [-0.39, 0.29) is 17.4 Å². The van der Waals surface area contributed by atoms with Crippen LogP contribution in [0.4, 0.5) is 0 Å². The van der Waals surface area contributed by atoms with E-state index in [1.165, 1.54) is 4.31 Å². The Morgan fingerprint density at radius 3 is 2.62 bits per heavy atom. The molecule has 5 nitrogen and oxygen atoms in total. The third-order valence-corrected chi connectivity index (χ3v) is 7.43. The second kappa shape index (κ2) is 5.29. The van der Waals surface area contributed by atoms with Gasteiger partial charge in [0, 0.05) is 13.1 Å². The molecule has 1 N–H and O–H groups in total. The molecule has 2 fully saturated rings. The second-order valence-electron chi connectivity index (χ2n) is 6.86. The van der Waals surface area contributed by atoms with Gasteiger partial charge in [-0.15, -0.1) is 0 Å². The minimum atomic E-state index is -3.67. The third kappa shape index (κ3) is 2.17. The SMILES string of the molecule is O=C(O)[C@@]12CCC[C@H]1CN(S(=O)(=O)c1ccc3ccccc3c1)C2. The van der Waals surface area contributed by atoms with Gasteiger partial charge in [0.05, 0.1) is 10.3 Å². The van der Waals surface area contributed by atoms with Crippen LogP contribution >= 0.6 is 0 Å². The fourth-order valence-corrected chi connectivity index (χ4v) is 5.84. The van der Waals surface area contributed by atoms with Crippen LogP contribution in [-0.4, -0.2) is 36.9 Å². The molecule has 1 saturated heterocycles. The van der Waals surface area contributed by atoms with Crippen molar-refractivity contribution >= 4 is 26.8 Å². The molecule has 0 spiro atoms. The summed E-state index contributed by atoms with van der Waals surface area (Å²) in [7, 11) is -3.67. The lowest BCUT2D eigenvalue weighted by Crippen LogP contribution is -2.37. The van der Waals surface area contributed by atoms with Gasteiger partial charge < -0.3 is 5.11 Å². The minimum absolute atomic E-state index is 0.0785. The van der Waals surface area contributed by atoms with Crippen LogP contribution in [-0.2, 0) is 14.8 Å². The van der Waals surface area contributed by atoms with Gasteiger partial charge in [0.25, 0.3) is 0 Å². The van der Waals surface area contributed by atoms with Gasteiger partial charge in [0.1, 0.15) is 0 Å². The van der Waals surface area contributed by atoms with E-state index < -0.39 is 21.4 Å². The summed E-state index contributed by atoms with van der Waals surface area (Å²) in [6.45, 7) is 0.392. The molecule has 4 rings (SSSR count). The Hall–Kier alpha value is -1.92. The largest absolute Gasteiger partial charge is 0.481 e. The molecule has 126 valence electrons. The topological polar surface area (TPSA) is 74.7 Å². The first kappa shape index (κ1) is 15.6. The van der Waals surface area contributed by atoms with Gasteiger partial charge in [-0.2, -0.15) is 4.31 Å². The van der Waals surface area contributed by atoms with Crippen LogP contribution in [0.15, 0.2) is 47.4 Å². The molecule has 1 aliphatic heterocycles. The van der Waals surface area contributed by atoms with Crippen LogP contribution in [0.3, 0.4) is 0 Å². The van der Waals surface area contributed by atoms with Crippen LogP contribution in [0.2, 0.25) is 0 Å². The number of rotatable bonds is 3. The van der Waals surface area contributed by atoms with Gasteiger partial charge in [-0.3, -0.25) is 4.79 Å². The molecule has 24 heavy (non-hydrogen) atoms. The number of aliphatic carboxylic acids is 1. The van der Waals surface area contributed by atoms with Crippen molar-refractivity contribution in [3.05, 3.63) is 42.5 Å². The molecule has 2 atom stereocenters. The van der Waals surface area contributed by atoms with Gasteiger partial charge in [-0.05, 0) is 41.7 Å². The summed E-state index contributed by atoms with van der Waals surface area (Å²) < 4.78 is 27.4. The highest BCUT2D eigenvalue weighted by Crippen LogP contribution is 2.50. The van der Waals surface area contributed by atoms with E-state index in [9.17, 15) is 18.3 Å². The monoisotopic (exact) mass is 345 g/mol. The Morgan fingerprint density at radius 1 is 1.17 bits per heavy atom. The summed E-state index contributed by atoms with van der Waals surface area (Å²) in [5, 5.41) is 11.5. The first-order chi connectivity index (χ1) is 11.4. The molecule has 0 bridgehead atoms. The van der Waals surface area contributed by atoms with Crippen LogP contribution in [0, 0.1) is 11.3 Å². The minimum Gasteiger partial charge on any atom is -0.481 e. The van der Waals surface area contributed by atoms with E-state index in [0.29, 0.717) is 13.0 Å². The normalized spacial score (nSPS) is 27.4. The van der Waals surface area contributed by atoms with Crippen molar-refractivity contribution in [3.8, 4) is 0 Å². The van der Waals surface area contributed by atoms with Crippen LogP contribution in [0.5, 0.6) is 0 Å². The summed E-state index contributed by atoms with van der Waals surface area (Å²) in [6, 6.07) is 12.7. The van der Waals surface area contributed by atoms with Crippen LogP contribution in [0.25, 0.3) is 10.8 Å². The van der Waals surface area contributed by atoms with Crippen molar-refractivity contribution in [2.75, 3.05) is 13.1 Å². The summed E-state index contributed by atoms with van der Waals surface area (Å²) in [6.07, 6.45) is 2.22. The van der Waals surface area contributed by atoms with Crippen molar-refractivity contribution < 1.29 is 18.3 Å². The summed E-state index contributed by atoms with van der Waals surface area (Å²) in [5.74, 6) is -0.938. The average Bonchev–Trinajstić information content (AvgIpc) is 3.13. The van der Waals surface area contributed by atoms with Gasteiger partial charge >= 0.3 is 5.97 Å². The fourth-order valence-electron chi connectivity index (χ4n) is 4.25. The zero-order chi connectivity index (χ0) is 16.9. The van der Waals surface area contributed by atoms with Gasteiger partial charge in [0.15, 0.2) is 0 Å². The first-order valence-corrected chi connectivity index (χ1v) is 9.60. The highest BCUT2D eigenvalue weighted by atomic mass is 32.2. The highest BCUT2D eigenvalue weighted by Gasteiger charge is 2.57. The number of hydrogen-bond donors (Lipinski definition) is 1. The second-order valence-corrected chi connectivity index (χ2v) is 8.79. The maximum Gasteiger partial charge on any atom is 0.311 e. The number of nitrogens with zero attached hydrogens (tertiary/aromatic N) is 1. The molecule has 1 aliphatic carbocycles. The van der Waals surface area contributed by atoms with E-state index in [0.717, 1.165) is 23.6 Å². The molecule has 2 aromatic rings. The summed E-state index contributed by atoms with van der Waals surface area (Å²) in [4.78, 5) is 12.0. The molecule has 1 heterocycles.